The van der Waals surface area contributed by atoms with Gasteiger partial charge in [0, 0.05) is 18.3 Å². The normalized spacial score (nSPS) is 12.1. The first-order chi connectivity index (χ1) is 9.24. The highest BCUT2D eigenvalue weighted by atomic mass is 14.9. The van der Waals surface area contributed by atoms with Gasteiger partial charge in [0.25, 0.3) is 0 Å². The van der Waals surface area contributed by atoms with Gasteiger partial charge in [-0.3, -0.25) is 0 Å². The maximum atomic E-state index is 4.54. The number of allylic oxidation sites excluding steroid dienone is 1. The summed E-state index contributed by atoms with van der Waals surface area (Å²) in [6.07, 6.45) is 4.53. The third kappa shape index (κ3) is 4.54. The second-order valence-corrected chi connectivity index (χ2v) is 3.94. The summed E-state index contributed by atoms with van der Waals surface area (Å²) in [5.74, 6) is 0.580. The van der Waals surface area contributed by atoms with Crippen LogP contribution in [-0.2, 0) is 6.42 Å². The summed E-state index contributed by atoms with van der Waals surface area (Å²) in [6.45, 7) is 12.3. The Morgan fingerprint density at radius 2 is 2.05 bits per heavy atom. The Morgan fingerprint density at radius 1 is 1.32 bits per heavy atom. The predicted molar refractivity (Wildman–Crippen MR) is 84.4 cm³/mol. The molecule has 3 heteroatoms. The minimum Gasteiger partial charge on any atom is -0.385 e. The lowest BCUT2D eigenvalue weighted by Gasteiger charge is -2.05. The molecule has 0 amide bonds. The van der Waals surface area contributed by atoms with Crippen molar-refractivity contribution in [3.63, 3.8) is 0 Å². The second-order valence-electron chi connectivity index (χ2n) is 3.94. The minimum absolute atomic E-state index is 0.580. The Hall–Kier alpha value is -2.16. The van der Waals surface area contributed by atoms with Crippen LogP contribution in [0.1, 0.15) is 19.4 Å². The highest BCUT2D eigenvalue weighted by Gasteiger charge is 2.00. The molecule has 0 heterocycles. The van der Waals surface area contributed by atoms with Crippen molar-refractivity contribution in [3.05, 3.63) is 54.3 Å². The summed E-state index contributed by atoms with van der Waals surface area (Å²) in [6, 6.07) is 8.05. The Labute approximate surface area is 115 Å². The summed E-state index contributed by atoms with van der Waals surface area (Å²) in [4.78, 5) is 8.51. The maximum absolute atomic E-state index is 4.54. The van der Waals surface area contributed by atoms with E-state index in [-0.39, 0.29) is 0 Å². The smallest absolute Gasteiger partial charge is 0.153 e. The van der Waals surface area contributed by atoms with E-state index >= 15 is 0 Å². The first-order valence-electron chi connectivity index (χ1n) is 6.46. The zero-order valence-electron chi connectivity index (χ0n) is 11.7. The molecule has 19 heavy (non-hydrogen) atoms. The Morgan fingerprint density at radius 3 is 2.63 bits per heavy atom. The molecule has 0 saturated carbocycles. The van der Waals surface area contributed by atoms with Crippen LogP contribution in [-0.4, -0.2) is 19.1 Å². The van der Waals surface area contributed by atoms with Gasteiger partial charge in [-0.25, -0.2) is 9.98 Å². The number of likely N-dealkylation sites (N-methyl/N-ethyl adjacent to an activating group) is 1. The van der Waals surface area contributed by atoms with Crippen molar-refractivity contribution in [2.24, 2.45) is 9.98 Å². The standard InChI is InChI=1S/C16H21N3/c1-5-13-10-8-9-11-15(13)19-16(17-4)12-14(6-2)18-7-3/h6,8-12,18H,2,4-5,7H2,1,3H3. The van der Waals surface area contributed by atoms with Crippen molar-refractivity contribution < 1.29 is 0 Å². The topological polar surface area (TPSA) is 36.8 Å². The maximum Gasteiger partial charge on any atom is 0.153 e. The quantitative estimate of drug-likeness (QED) is 0.470. The van der Waals surface area contributed by atoms with E-state index in [1.165, 1.54) is 5.56 Å². The molecular formula is C16H21N3. The molecule has 1 rings (SSSR count). The summed E-state index contributed by atoms with van der Waals surface area (Å²) in [7, 11) is 0. The fourth-order valence-corrected chi connectivity index (χ4v) is 1.68. The second kappa shape index (κ2) is 8.03. The van der Waals surface area contributed by atoms with Gasteiger partial charge in [0.05, 0.1) is 5.69 Å². The molecule has 0 spiro atoms. The fraction of sp³-hybridized carbons (Fsp3) is 0.250. The molecule has 100 valence electrons. The molecule has 0 aromatic heterocycles. The van der Waals surface area contributed by atoms with Crippen LogP contribution in [0, 0.1) is 0 Å². The lowest BCUT2D eigenvalue weighted by molar-refractivity contribution is 0.880. The number of amidine groups is 1. The van der Waals surface area contributed by atoms with Gasteiger partial charge in [0.15, 0.2) is 5.84 Å². The Balaban J connectivity index is 3.11. The van der Waals surface area contributed by atoms with E-state index in [1.807, 2.05) is 31.2 Å². The van der Waals surface area contributed by atoms with Crippen molar-refractivity contribution in [2.75, 3.05) is 6.54 Å². The molecule has 0 unspecified atom stereocenters. The SMILES string of the molecule is C=CC(=CC(N=C)=Nc1ccccc1CC)NCC. The Bertz CT molecular complexity index is 498. The number of aryl methyl sites for hydroxylation is 1. The van der Waals surface area contributed by atoms with E-state index in [2.05, 4.69) is 41.6 Å². The van der Waals surface area contributed by atoms with Crippen LogP contribution in [0.2, 0.25) is 0 Å². The number of hydrogen-bond donors (Lipinski definition) is 1. The van der Waals surface area contributed by atoms with Gasteiger partial charge in [0.2, 0.25) is 0 Å². The summed E-state index contributed by atoms with van der Waals surface area (Å²) in [5.41, 5.74) is 3.02. The molecule has 0 aliphatic rings. The highest BCUT2D eigenvalue weighted by molar-refractivity contribution is 5.98. The van der Waals surface area contributed by atoms with E-state index in [1.54, 1.807) is 6.08 Å². The van der Waals surface area contributed by atoms with Crippen molar-refractivity contribution in [3.8, 4) is 0 Å². The molecule has 0 fully saturated rings. The van der Waals surface area contributed by atoms with Gasteiger partial charge in [-0.2, -0.15) is 0 Å². The van der Waals surface area contributed by atoms with Gasteiger partial charge in [0.1, 0.15) is 0 Å². The van der Waals surface area contributed by atoms with Crippen LogP contribution in [0.3, 0.4) is 0 Å². The molecule has 0 aliphatic carbocycles. The molecule has 1 aromatic carbocycles. The molecule has 1 aromatic rings. The summed E-state index contributed by atoms with van der Waals surface area (Å²) >= 11 is 0. The van der Waals surface area contributed by atoms with E-state index < -0.39 is 0 Å². The lowest BCUT2D eigenvalue weighted by Crippen LogP contribution is -2.11. The van der Waals surface area contributed by atoms with Crippen LogP contribution in [0.25, 0.3) is 0 Å². The molecule has 0 saturated heterocycles. The van der Waals surface area contributed by atoms with Gasteiger partial charge >= 0.3 is 0 Å². The lowest BCUT2D eigenvalue weighted by atomic mass is 10.1. The number of benzene rings is 1. The first-order valence-corrected chi connectivity index (χ1v) is 6.46. The van der Waals surface area contributed by atoms with E-state index in [9.17, 15) is 0 Å². The van der Waals surface area contributed by atoms with Crippen LogP contribution in [0.4, 0.5) is 5.69 Å². The molecule has 0 aliphatic heterocycles. The number of aliphatic imine (C=N–C) groups is 2. The number of hydrogen-bond acceptors (Lipinski definition) is 2. The third-order valence-electron chi connectivity index (χ3n) is 2.65. The monoisotopic (exact) mass is 255 g/mol. The molecule has 1 N–H and O–H groups in total. The van der Waals surface area contributed by atoms with E-state index in [0.717, 1.165) is 24.4 Å². The van der Waals surface area contributed by atoms with E-state index in [0.29, 0.717) is 5.84 Å². The van der Waals surface area contributed by atoms with Crippen molar-refractivity contribution >= 4 is 18.2 Å². The van der Waals surface area contributed by atoms with Crippen LogP contribution in [0.5, 0.6) is 0 Å². The van der Waals surface area contributed by atoms with Gasteiger partial charge < -0.3 is 5.32 Å². The van der Waals surface area contributed by atoms with Gasteiger partial charge in [-0.15, -0.1) is 0 Å². The average molecular weight is 255 g/mol. The first kappa shape index (κ1) is 14.9. The Kier molecular flexibility index (Phi) is 6.30. The molecular weight excluding hydrogens is 234 g/mol. The predicted octanol–water partition coefficient (Wildman–Crippen LogP) is 3.66. The van der Waals surface area contributed by atoms with Crippen LogP contribution in [0.15, 0.2) is 58.7 Å². The van der Waals surface area contributed by atoms with Crippen LogP contribution < -0.4 is 5.32 Å². The molecule has 0 atom stereocenters. The van der Waals surface area contributed by atoms with E-state index in [4.69, 9.17) is 0 Å². The van der Waals surface area contributed by atoms with Gasteiger partial charge in [-0.1, -0.05) is 31.7 Å². The van der Waals surface area contributed by atoms with Crippen LogP contribution >= 0.6 is 0 Å². The number of nitrogens with zero attached hydrogens (tertiary/aromatic N) is 2. The molecule has 3 nitrogen and oxygen atoms in total. The summed E-state index contributed by atoms with van der Waals surface area (Å²) < 4.78 is 0. The van der Waals surface area contributed by atoms with Gasteiger partial charge in [-0.05, 0) is 37.8 Å². The van der Waals surface area contributed by atoms with Crippen molar-refractivity contribution in [2.45, 2.75) is 20.3 Å². The van der Waals surface area contributed by atoms with Crippen molar-refractivity contribution in [1.82, 2.24) is 5.32 Å². The average Bonchev–Trinajstić information content (AvgIpc) is 2.46. The van der Waals surface area contributed by atoms with Crippen molar-refractivity contribution in [1.29, 1.82) is 0 Å². The fourth-order valence-electron chi connectivity index (χ4n) is 1.68. The zero-order valence-corrected chi connectivity index (χ0v) is 11.7. The number of para-hydroxylation sites is 1. The summed E-state index contributed by atoms with van der Waals surface area (Å²) in [5, 5.41) is 3.19. The molecule has 0 bridgehead atoms. The zero-order chi connectivity index (χ0) is 14.1. The molecule has 0 radical (unpaired) electrons. The largest absolute Gasteiger partial charge is 0.385 e. The third-order valence-corrected chi connectivity index (χ3v) is 2.65. The minimum atomic E-state index is 0.580. The highest BCUT2D eigenvalue weighted by Crippen LogP contribution is 2.19. The number of rotatable bonds is 6. The number of nitrogens with one attached hydrogen (secondary N) is 1.